The van der Waals surface area contributed by atoms with Crippen LogP contribution in [0.5, 0.6) is 5.75 Å². The summed E-state index contributed by atoms with van der Waals surface area (Å²) in [5.74, 6) is 0.901. The van der Waals surface area contributed by atoms with Gasteiger partial charge in [-0.15, -0.1) is 0 Å². The summed E-state index contributed by atoms with van der Waals surface area (Å²) < 4.78 is 5.68. The molecule has 2 rings (SSSR count). The first-order valence-corrected chi connectivity index (χ1v) is 7.03. The molecule has 0 aliphatic carbocycles. The van der Waals surface area contributed by atoms with Crippen LogP contribution in [0, 0.1) is 0 Å². The predicted octanol–water partition coefficient (Wildman–Crippen LogP) is 2.09. The first-order valence-electron chi connectivity index (χ1n) is 7.03. The molecule has 1 aromatic rings. The number of ether oxygens (including phenoxy) is 1. The van der Waals surface area contributed by atoms with Crippen LogP contribution in [0.2, 0.25) is 0 Å². The third-order valence-electron chi connectivity index (χ3n) is 3.42. The average molecular weight is 277 g/mol. The zero-order valence-electron chi connectivity index (χ0n) is 12.3. The van der Waals surface area contributed by atoms with E-state index in [1.165, 1.54) is 0 Å². The van der Waals surface area contributed by atoms with Crippen molar-refractivity contribution >= 4 is 17.3 Å². The smallest absolute Gasteiger partial charge is 0.222 e. The Balaban J connectivity index is 2.08. The molecule has 0 aromatic heterocycles. The van der Waals surface area contributed by atoms with Crippen molar-refractivity contribution < 1.29 is 9.53 Å². The molecular weight excluding hydrogens is 254 g/mol. The molecule has 1 aliphatic heterocycles. The Kier molecular flexibility index (Phi) is 4.37. The molecule has 1 amide bonds. The van der Waals surface area contributed by atoms with Crippen molar-refractivity contribution in [1.82, 2.24) is 4.90 Å². The second-order valence-corrected chi connectivity index (χ2v) is 5.54. The third-order valence-corrected chi connectivity index (χ3v) is 3.42. The van der Waals surface area contributed by atoms with Gasteiger partial charge in [-0.3, -0.25) is 4.79 Å². The van der Waals surface area contributed by atoms with Crippen LogP contribution >= 0.6 is 0 Å². The van der Waals surface area contributed by atoms with Gasteiger partial charge in [-0.25, -0.2) is 0 Å². The van der Waals surface area contributed by atoms with Crippen LogP contribution in [-0.2, 0) is 4.79 Å². The van der Waals surface area contributed by atoms with Crippen LogP contribution in [0.25, 0.3) is 0 Å². The van der Waals surface area contributed by atoms with Gasteiger partial charge in [-0.2, -0.15) is 0 Å². The monoisotopic (exact) mass is 277 g/mol. The van der Waals surface area contributed by atoms with Gasteiger partial charge in [0, 0.05) is 26.1 Å². The molecule has 0 spiro atoms. The van der Waals surface area contributed by atoms with Crippen molar-refractivity contribution in [3.05, 3.63) is 18.2 Å². The molecule has 1 aliphatic rings. The number of rotatable bonds is 4. The molecule has 1 aromatic carbocycles. The number of carbonyl (C=O) groups excluding carboxylic acids is 1. The van der Waals surface area contributed by atoms with Crippen LogP contribution in [0.3, 0.4) is 0 Å². The van der Waals surface area contributed by atoms with E-state index in [1.54, 1.807) is 4.90 Å². The molecule has 0 bridgehead atoms. The number of nitrogens with one attached hydrogen (secondary N) is 1. The Labute approximate surface area is 120 Å². The lowest BCUT2D eigenvalue weighted by Crippen LogP contribution is -2.43. The highest BCUT2D eigenvalue weighted by Crippen LogP contribution is 2.31. The number of hydrogen-bond acceptors (Lipinski definition) is 4. The molecule has 5 heteroatoms. The fourth-order valence-electron chi connectivity index (χ4n) is 2.38. The van der Waals surface area contributed by atoms with Crippen LogP contribution in [-0.4, -0.2) is 36.5 Å². The second kappa shape index (κ2) is 6.03. The molecule has 1 saturated heterocycles. The maximum Gasteiger partial charge on any atom is 0.222 e. The number of piperidine rings is 1. The number of likely N-dealkylation sites (N-methyl/N-ethyl adjacent to an activating group) is 1. The minimum atomic E-state index is 0.0889. The van der Waals surface area contributed by atoms with Crippen LogP contribution < -0.4 is 15.8 Å². The number of nitrogen functional groups attached to an aromatic ring is 1. The number of hydrogen-bond donors (Lipinski definition) is 2. The predicted molar refractivity (Wildman–Crippen MR) is 80.9 cm³/mol. The summed E-state index contributed by atoms with van der Waals surface area (Å²) in [4.78, 5) is 13.2. The van der Waals surface area contributed by atoms with Gasteiger partial charge in [0.2, 0.25) is 5.91 Å². The Morgan fingerprint density at radius 3 is 2.85 bits per heavy atom. The van der Waals surface area contributed by atoms with E-state index < -0.39 is 0 Å². The largest absolute Gasteiger partial charge is 0.489 e. The lowest BCUT2D eigenvalue weighted by atomic mass is 10.1. The van der Waals surface area contributed by atoms with Gasteiger partial charge in [0.25, 0.3) is 0 Å². The van der Waals surface area contributed by atoms with E-state index in [4.69, 9.17) is 10.5 Å². The number of amides is 1. The van der Waals surface area contributed by atoms with Crippen molar-refractivity contribution in [2.24, 2.45) is 0 Å². The van der Waals surface area contributed by atoms with Gasteiger partial charge < -0.3 is 20.7 Å². The fourth-order valence-corrected chi connectivity index (χ4v) is 2.38. The minimum absolute atomic E-state index is 0.0889. The van der Waals surface area contributed by atoms with Crippen molar-refractivity contribution in [3.63, 3.8) is 0 Å². The third kappa shape index (κ3) is 3.35. The Hall–Kier alpha value is -1.91. The maximum absolute atomic E-state index is 11.5. The molecule has 1 atom stereocenters. The van der Waals surface area contributed by atoms with E-state index in [9.17, 15) is 4.79 Å². The Morgan fingerprint density at radius 2 is 2.20 bits per heavy atom. The standard InChI is InChI=1S/C15H23N3O2/c1-10(2)20-13-6-4-5-12(15(13)16)17-11-7-8-14(19)18(3)9-11/h4-6,10-11,17H,7-9,16H2,1-3H3. The number of nitrogens with zero attached hydrogens (tertiary/aromatic N) is 1. The van der Waals surface area contributed by atoms with E-state index >= 15 is 0 Å². The quantitative estimate of drug-likeness (QED) is 0.827. The van der Waals surface area contributed by atoms with E-state index in [2.05, 4.69) is 5.32 Å². The number of nitrogens with two attached hydrogens (primary N) is 1. The topological polar surface area (TPSA) is 67.6 Å². The summed E-state index contributed by atoms with van der Waals surface area (Å²) in [6.45, 7) is 4.65. The van der Waals surface area contributed by atoms with Crippen molar-refractivity contribution in [3.8, 4) is 5.75 Å². The van der Waals surface area contributed by atoms with E-state index in [-0.39, 0.29) is 18.1 Å². The number of carbonyl (C=O) groups is 1. The zero-order valence-corrected chi connectivity index (χ0v) is 12.3. The molecule has 5 nitrogen and oxygen atoms in total. The minimum Gasteiger partial charge on any atom is -0.489 e. The van der Waals surface area contributed by atoms with Gasteiger partial charge in [0.15, 0.2) is 0 Å². The molecular formula is C15H23N3O2. The molecule has 3 N–H and O–H groups in total. The number of benzene rings is 1. The van der Waals surface area contributed by atoms with Crippen LogP contribution in [0.15, 0.2) is 18.2 Å². The highest BCUT2D eigenvalue weighted by Gasteiger charge is 2.23. The zero-order chi connectivity index (χ0) is 14.7. The average Bonchev–Trinajstić information content (AvgIpc) is 2.38. The number of anilines is 2. The maximum atomic E-state index is 11.5. The first-order chi connectivity index (χ1) is 9.47. The normalized spacial score (nSPS) is 19.3. The molecule has 20 heavy (non-hydrogen) atoms. The number of para-hydroxylation sites is 1. The molecule has 1 heterocycles. The van der Waals surface area contributed by atoms with E-state index in [0.29, 0.717) is 24.4 Å². The van der Waals surface area contributed by atoms with Gasteiger partial charge in [0.05, 0.1) is 17.5 Å². The SMILES string of the molecule is CC(C)Oc1cccc(NC2CCC(=O)N(C)C2)c1N. The molecule has 0 radical (unpaired) electrons. The summed E-state index contributed by atoms with van der Waals surface area (Å²) >= 11 is 0. The molecule has 1 fully saturated rings. The van der Waals surface area contributed by atoms with Crippen molar-refractivity contribution in [1.29, 1.82) is 0 Å². The summed E-state index contributed by atoms with van der Waals surface area (Å²) in [6, 6.07) is 5.97. The molecule has 1 unspecified atom stereocenters. The van der Waals surface area contributed by atoms with Crippen molar-refractivity contribution in [2.75, 3.05) is 24.6 Å². The summed E-state index contributed by atoms with van der Waals surface area (Å²) in [6.07, 6.45) is 1.50. The van der Waals surface area contributed by atoms with Gasteiger partial charge in [-0.1, -0.05) is 6.07 Å². The summed E-state index contributed by atoms with van der Waals surface area (Å²) in [7, 11) is 1.83. The van der Waals surface area contributed by atoms with Crippen molar-refractivity contribution in [2.45, 2.75) is 38.8 Å². The number of likely N-dealkylation sites (tertiary alicyclic amines) is 1. The van der Waals surface area contributed by atoms with E-state index in [0.717, 1.165) is 12.1 Å². The summed E-state index contributed by atoms with van der Waals surface area (Å²) in [5, 5.41) is 3.41. The van der Waals surface area contributed by atoms with Gasteiger partial charge in [-0.05, 0) is 32.4 Å². The second-order valence-electron chi connectivity index (χ2n) is 5.54. The Morgan fingerprint density at radius 1 is 1.45 bits per heavy atom. The van der Waals surface area contributed by atoms with E-state index in [1.807, 2.05) is 39.1 Å². The summed E-state index contributed by atoms with van der Waals surface area (Å²) in [5.41, 5.74) is 7.64. The molecule has 110 valence electrons. The van der Waals surface area contributed by atoms with Gasteiger partial charge in [0.1, 0.15) is 5.75 Å². The fraction of sp³-hybridized carbons (Fsp3) is 0.533. The molecule has 0 saturated carbocycles. The van der Waals surface area contributed by atoms with Crippen LogP contribution in [0.1, 0.15) is 26.7 Å². The highest BCUT2D eigenvalue weighted by molar-refractivity contribution is 5.77. The van der Waals surface area contributed by atoms with Gasteiger partial charge >= 0.3 is 0 Å². The first kappa shape index (κ1) is 14.5. The lowest BCUT2D eigenvalue weighted by molar-refractivity contribution is -0.132. The van der Waals surface area contributed by atoms with Crippen LogP contribution in [0.4, 0.5) is 11.4 Å². The Bertz CT molecular complexity index is 488. The highest BCUT2D eigenvalue weighted by atomic mass is 16.5. The lowest BCUT2D eigenvalue weighted by Gasteiger charge is -2.31.